The van der Waals surface area contributed by atoms with Gasteiger partial charge in [0.1, 0.15) is 5.02 Å². The summed E-state index contributed by atoms with van der Waals surface area (Å²) in [5.74, 6) is -0.150. The summed E-state index contributed by atoms with van der Waals surface area (Å²) < 4.78 is 1.30. The van der Waals surface area contributed by atoms with Crippen molar-refractivity contribution in [3.63, 3.8) is 0 Å². The first kappa shape index (κ1) is 11.6. The van der Waals surface area contributed by atoms with Gasteiger partial charge in [-0.25, -0.2) is 0 Å². The first-order chi connectivity index (χ1) is 8.09. The Morgan fingerprint density at radius 3 is 2.41 bits per heavy atom. The smallest absolute Gasteiger partial charge is 0.269 e. The zero-order valence-electron chi connectivity index (χ0n) is 9.18. The van der Waals surface area contributed by atoms with Gasteiger partial charge in [0.2, 0.25) is 0 Å². The quantitative estimate of drug-likeness (QED) is 0.764. The monoisotopic (exact) mass is 247 g/mol. The summed E-state index contributed by atoms with van der Waals surface area (Å²) in [5, 5.41) is 0.0503. The molecule has 2 rings (SSSR count). The highest BCUT2D eigenvalue weighted by molar-refractivity contribution is 6.30. The highest BCUT2D eigenvalue weighted by Gasteiger charge is 2.11. The molecule has 86 valence electrons. The van der Waals surface area contributed by atoms with E-state index in [9.17, 15) is 9.59 Å². The molecule has 17 heavy (non-hydrogen) atoms. The Kier molecular flexibility index (Phi) is 3.11. The molecule has 0 aliphatic heterocycles. The standard InChI is InChI=1S/C13H10ClNO2/c1-15-8-10(7-11(14)13(15)17)12(16)9-5-3-2-4-6-9/h2-8H,1H3. The van der Waals surface area contributed by atoms with Gasteiger partial charge in [0.15, 0.2) is 5.78 Å². The number of benzene rings is 1. The highest BCUT2D eigenvalue weighted by atomic mass is 35.5. The van der Waals surface area contributed by atoms with Crippen molar-refractivity contribution in [1.29, 1.82) is 0 Å². The Hall–Kier alpha value is -1.87. The van der Waals surface area contributed by atoms with E-state index in [4.69, 9.17) is 11.6 Å². The second kappa shape index (κ2) is 4.55. The third-order valence-electron chi connectivity index (χ3n) is 2.44. The van der Waals surface area contributed by atoms with Crippen molar-refractivity contribution >= 4 is 17.4 Å². The van der Waals surface area contributed by atoms with E-state index in [1.54, 1.807) is 31.3 Å². The summed E-state index contributed by atoms with van der Waals surface area (Å²) in [6.45, 7) is 0. The summed E-state index contributed by atoms with van der Waals surface area (Å²) >= 11 is 5.77. The van der Waals surface area contributed by atoms with Gasteiger partial charge in [-0.2, -0.15) is 0 Å². The number of ketones is 1. The number of hydrogen-bond acceptors (Lipinski definition) is 2. The lowest BCUT2D eigenvalue weighted by Crippen LogP contribution is -2.18. The summed E-state index contributed by atoms with van der Waals surface area (Å²) in [5.41, 5.74) is 0.668. The Morgan fingerprint density at radius 2 is 1.82 bits per heavy atom. The van der Waals surface area contributed by atoms with Crippen molar-refractivity contribution in [1.82, 2.24) is 4.57 Å². The summed E-state index contributed by atoms with van der Waals surface area (Å²) in [6, 6.07) is 10.3. The van der Waals surface area contributed by atoms with Crippen molar-refractivity contribution in [2.45, 2.75) is 0 Å². The molecule has 1 aromatic carbocycles. The van der Waals surface area contributed by atoms with E-state index in [-0.39, 0.29) is 16.4 Å². The molecule has 0 unspecified atom stereocenters. The number of carbonyl (C=O) groups excluding carboxylic acids is 1. The van der Waals surface area contributed by atoms with Crippen LogP contribution in [0.5, 0.6) is 0 Å². The summed E-state index contributed by atoms with van der Waals surface area (Å²) in [7, 11) is 1.57. The molecule has 0 atom stereocenters. The molecule has 3 nitrogen and oxygen atoms in total. The molecule has 4 heteroatoms. The van der Waals surface area contributed by atoms with Gasteiger partial charge in [-0.15, -0.1) is 0 Å². The van der Waals surface area contributed by atoms with Crippen molar-refractivity contribution in [3.05, 3.63) is 69.1 Å². The molecule has 0 saturated heterocycles. The number of nitrogens with zero attached hydrogens (tertiary/aromatic N) is 1. The van der Waals surface area contributed by atoms with Gasteiger partial charge in [0, 0.05) is 24.4 Å². The van der Waals surface area contributed by atoms with Crippen LogP contribution in [0.4, 0.5) is 0 Å². The number of pyridine rings is 1. The van der Waals surface area contributed by atoms with Crippen LogP contribution in [0.15, 0.2) is 47.4 Å². The average molecular weight is 248 g/mol. The van der Waals surface area contributed by atoms with Gasteiger partial charge >= 0.3 is 0 Å². The number of aryl methyl sites for hydroxylation is 1. The fourth-order valence-corrected chi connectivity index (χ4v) is 1.80. The fourth-order valence-electron chi connectivity index (χ4n) is 1.55. The van der Waals surface area contributed by atoms with Crippen LogP contribution in [-0.2, 0) is 7.05 Å². The van der Waals surface area contributed by atoms with E-state index in [2.05, 4.69) is 0 Å². The third kappa shape index (κ3) is 2.29. The van der Waals surface area contributed by atoms with Crippen LogP contribution in [-0.4, -0.2) is 10.4 Å². The van der Waals surface area contributed by atoms with Crippen LogP contribution in [0.2, 0.25) is 5.02 Å². The molecule has 0 amide bonds. The second-order valence-corrected chi connectivity index (χ2v) is 4.10. The Morgan fingerprint density at radius 1 is 1.18 bits per heavy atom. The molecule has 0 aliphatic rings. The van der Waals surface area contributed by atoms with Gasteiger partial charge in [0.25, 0.3) is 5.56 Å². The van der Waals surface area contributed by atoms with E-state index < -0.39 is 0 Å². The van der Waals surface area contributed by atoms with E-state index in [0.717, 1.165) is 0 Å². The molecule has 2 aromatic rings. The first-order valence-electron chi connectivity index (χ1n) is 5.05. The molecule has 0 fully saturated rings. The lowest BCUT2D eigenvalue weighted by Gasteiger charge is -2.04. The molecular formula is C13H10ClNO2. The van der Waals surface area contributed by atoms with Crippen LogP contribution >= 0.6 is 11.6 Å². The van der Waals surface area contributed by atoms with E-state index in [1.807, 2.05) is 6.07 Å². The minimum Gasteiger partial charge on any atom is -0.317 e. The maximum atomic E-state index is 12.1. The van der Waals surface area contributed by atoms with Crippen LogP contribution < -0.4 is 5.56 Å². The van der Waals surface area contributed by atoms with Gasteiger partial charge in [-0.1, -0.05) is 41.9 Å². The minimum absolute atomic E-state index is 0.0503. The third-order valence-corrected chi connectivity index (χ3v) is 2.71. The molecule has 0 aliphatic carbocycles. The lowest BCUT2D eigenvalue weighted by atomic mass is 10.1. The first-order valence-corrected chi connectivity index (χ1v) is 5.43. The van der Waals surface area contributed by atoms with E-state index >= 15 is 0 Å². The van der Waals surface area contributed by atoms with Gasteiger partial charge in [-0.3, -0.25) is 9.59 Å². The predicted octanol–water partition coefficient (Wildman–Crippen LogP) is 2.27. The number of carbonyl (C=O) groups is 1. The van der Waals surface area contributed by atoms with Gasteiger partial charge in [-0.05, 0) is 6.07 Å². The molecule has 0 bridgehead atoms. The Labute approximate surface area is 103 Å². The van der Waals surface area contributed by atoms with Crippen LogP contribution in [0.3, 0.4) is 0 Å². The molecule has 0 spiro atoms. The summed E-state index contributed by atoms with van der Waals surface area (Å²) in [4.78, 5) is 23.5. The Balaban J connectivity index is 2.49. The van der Waals surface area contributed by atoms with Crippen molar-refractivity contribution in [3.8, 4) is 0 Å². The highest BCUT2D eigenvalue weighted by Crippen LogP contribution is 2.11. The van der Waals surface area contributed by atoms with Crippen molar-refractivity contribution < 1.29 is 4.79 Å². The van der Waals surface area contributed by atoms with Crippen LogP contribution in [0.1, 0.15) is 15.9 Å². The number of hydrogen-bond donors (Lipinski definition) is 0. The van der Waals surface area contributed by atoms with Crippen molar-refractivity contribution in [2.24, 2.45) is 7.05 Å². The molecule has 0 radical (unpaired) electrons. The molecule has 1 heterocycles. The zero-order chi connectivity index (χ0) is 12.4. The van der Waals surface area contributed by atoms with Crippen LogP contribution in [0.25, 0.3) is 0 Å². The maximum Gasteiger partial charge on any atom is 0.269 e. The molecule has 0 N–H and O–H groups in total. The molecule has 0 saturated carbocycles. The van der Waals surface area contributed by atoms with Gasteiger partial charge < -0.3 is 4.57 Å². The topological polar surface area (TPSA) is 39.1 Å². The van der Waals surface area contributed by atoms with E-state index in [0.29, 0.717) is 11.1 Å². The summed E-state index contributed by atoms with van der Waals surface area (Å²) in [6.07, 6.45) is 1.49. The van der Waals surface area contributed by atoms with Crippen molar-refractivity contribution in [2.75, 3.05) is 0 Å². The molecular weight excluding hydrogens is 238 g/mol. The normalized spacial score (nSPS) is 10.2. The largest absolute Gasteiger partial charge is 0.317 e. The molecule has 1 aromatic heterocycles. The number of aromatic nitrogens is 1. The number of rotatable bonds is 2. The maximum absolute atomic E-state index is 12.1. The zero-order valence-corrected chi connectivity index (χ0v) is 9.94. The second-order valence-electron chi connectivity index (χ2n) is 3.69. The minimum atomic E-state index is -0.309. The van der Waals surface area contributed by atoms with Gasteiger partial charge in [0.05, 0.1) is 0 Å². The fraction of sp³-hybridized carbons (Fsp3) is 0.0769. The average Bonchev–Trinajstić information content (AvgIpc) is 2.35. The Bertz CT molecular complexity index is 591. The number of halogens is 1. The van der Waals surface area contributed by atoms with Crippen LogP contribution in [0, 0.1) is 0 Å². The lowest BCUT2D eigenvalue weighted by molar-refractivity contribution is 0.103. The SMILES string of the molecule is Cn1cc(C(=O)c2ccccc2)cc(Cl)c1=O. The predicted molar refractivity (Wildman–Crippen MR) is 66.6 cm³/mol. The van der Waals surface area contributed by atoms with E-state index in [1.165, 1.54) is 16.8 Å².